The Labute approximate surface area is 205 Å². The predicted octanol–water partition coefficient (Wildman–Crippen LogP) is 4.40. The normalized spacial score (nSPS) is 12.1. The fourth-order valence-corrected chi connectivity index (χ4v) is 2.99. The monoisotopic (exact) mass is 554 g/mol. The molecule has 0 spiro atoms. The van der Waals surface area contributed by atoms with Gasteiger partial charge in [-0.25, -0.2) is 4.99 Å². The summed E-state index contributed by atoms with van der Waals surface area (Å²) in [6, 6.07) is 15.7. The standard InChI is InChI=1S/C22H27ClN6O.HI/c1-15(18-7-9-19(23)10-8-18)26-22(25-14-21-28-27-16(2)29(21)3)24-13-17-5-11-20(30-4)12-6-17;/h5-12,15H,13-14H2,1-4H3,(H2,24,25,26);1H. The van der Waals surface area contributed by atoms with Crippen molar-refractivity contribution in [2.24, 2.45) is 12.0 Å². The average Bonchev–Trinajstić information content (AvgIpc) is 3.08. The predicted molar refractivity (Wildman–Crippen MR) is 135 cm³/mol. The fraction of sp³-hybridized carbons (Fsp3) is 0.318. The quantitative estimate of drug-likeness (QED) is 0.257. The number of hydrogen-bond acceptors (Lipinski definition) is 4. The van der Waals surface area contributed by atoms with E-state index < -0.39 is 0 Å². The number of halogens is 2. The van der Waals surface area contributed by atoms with Crippen molar-refractivity contribution in [2.45, 2.75) is 33.0 Å². The SMILES string of the molecule is COc1ccc(CN=C(NCc2nnc(C)n2C)NC(C)c2ccc(Cl)cc2)cc1.I. The molecule has 3 aromatic rings. The molecule has 0 aliphatic heterocycles. The third-order valence-corrected chi connectivity index (χ3v) is 5.15. The van der Waals surface area contributed by atoms with E-state index in [4.69, 9.17) is 21.3 Å². The number of nitrogens with one attached hydrogen (secondary N) is 2. The fourth-order valence-electron chi connectivity index (χ4n) is 2.86. The number of aliphatic imine (C=N–C) groups is 1. The van der Waals surface area contributed by atoms with Crippen molar-refractivity contribution >= 4 is 41.5 Å². The molecule has 0 radical (unpaired) electrons. The number of benzene rings is 2. The molecule has 3 rings (SSSR count). The molecule has 2 N–H and O–H groups in total. The molecule has 0 saturated heterocycles. The third kappa shape index (κ3) is 7.10. The first-order chi connectivity index (χ1) is 14.5. The second kappa shape index (κ2) is 11.9. The Morgan fingerprint density at radius 2 is 1.81 bits per heavy atom. The highest BCUT2D eigenvalue weighted by Gasteiger charge is 2.10. The maximum Gasteiger partial charge on any atom is 0.192 e. The number of hydrogen-bond donors (Lipinski definition) is 2. The lowest BCUT2D eigenvalue weighted by molar-refractivity contribution is 0.414. The van der Waals surface area contributed by atoms with Crippen LogP contribution in [0.15, 0.2) is 53.5 Å². The Morgan fingerprint density at radius 3 is 2.39 bits per heavy atom. The van der Waals surface area contributed by atoms with Crippen LogP contribution >= 0.6 is 35.6 Å². The van der Waals surface area contributed by atoms with Gasteiger partial charge in [0.2, 0.25) is 0 Å². The average molecular weight is 555 g/mol. The van der Waals surface area contributed by atoms with Crippen molar-refractivity contribution in [2.75, 3.05) is 7.11 Å². The lowest BCUT2D eigenvalue weighted by Crippen LogP contribution is -2.39. The summed E-state index contributed by atoms with van der Waals surface area (Å²) in [6.07, 6.45) is 0. The first kappa shape index (κ1) is 24.9. The molecule has 0 saturated carbocycles. The van der Waals surface area contributed by atoms with E-state index in [0.717, 1.165) is 33.5 Å². The number of aromatic nitrogens is 3. The number of rotatable bonds is 7. The molecule has 166 valence electrons. The van der Waals surface area contributed by atoms with Crippen molar-refractivity contribution in [1.29, 1.82) is 0 Å². The van der Waals surface area contributed by atoms with Crippen LogP contribution in [0.1, 0.15) is 35.7 Å². The van der Waals surface area contributed by atoms with Crippen LogP contribution in [0, 0.1) is 6.92 Å². The highest BCUT2D eigenvalue weighted by atomic mass is 127. The second-order valence-corrected chi connectivity index (χ2v) is 7.44. The molecule has 1 aromatic heterocycles. The number of aryl methyl sites for hydroxylation is 1. The number of nitrogens with zero attached hydrogens (tertiary/aromatic N) is 4. The minimum atomic E-state index is 0. The molecule has 7 nitrogen and oxygen atoms in total. The second-order valence-electron chi connectivity index (χ2n) is 7.01. The van der Waals surface area contributed by atoms with Gasteiger partial charge in [-0.3, -0.25) is 0 Å². The van der Waals surface area contributed by atoms with Crippen LogP contribution < -0.4 is 15.4 Å². The molecule has 0 aliphatic carbocycles. The molecular formula is C22H28ClIN6O. The van der Waals surface area contributed by atoms with Gasteiger partial charge >= 0.3 is 0 Å². The number of ether oxygens (including phenoxy) is 1. The van der Waals surface area contributed by atoms with Gasteiger partial charge < -0.3 is 19.9 Å². The molecule has 0 amide bonds. The maximum atomic E-state index is 6.01. The molecular weight excluding hydrogens is 527 g/mol. The first-order valence-corrected chi connectivity index (χ1v) is 10.1. The van der Waals surface area contributed by atoms with Gasteiger partial charge in [0, 0.05) is 12.1 Å². The number of guanidine groups is 1. The zero-order chi connectivity index (χ0) is 21.5. The minimum absolute atomic E-state index is 0. The third-order valence-electron chi connectivity index (χ3n) is 4.90. The zero-order valence-corrected chi connectivity index (χ0v) is 21.2. The van der Waals surface area contributed by atoms with Gasteiger partial charge in [0.05, 0.1) is 26.2 Å². The zero-order valence-electron chi connectivity index (χ0n) is 18.1. The van der Waals surface area contributed by atoms with Crippen LogP contribution in [0.2, 0.25) is 5.02 Å². The Balaban J connectivity index is 0.00000341. The van der Waals surface area contributed by atoms with Crippen LogP contribution in [0.3, 0.4) is 0 Å². The molecule has 9 heteroatoms. The molecule has 2 aromatic carbocycles. The summed E-state index contributed by atoms with van der Waals surface area (Å²) in [6.45, 7) is 5.06. The summed E-state index contributed by atoms with van der Waals surface area (Å²) >= 11 is 6.01. The van der Waals surface area contributed by atoms with Gasteiger partial charge in [0.1, 0.15) is 11.6 Å². The Hall–Kier alpha value is -2.33. The van der Waals surface area contributed by atoms with Crippen molar-refractivity contribution < 1.29 is 4.74 Å². The summed E-state index contributed by atoms with van der Waals surface area (Å²) in [5, 5.41) is 15.9. The van der Waals surface area contributed by atoms with E-state index >= 15 is 0 Å². The van der Waals surface area contributed by atoms with E-state index in [0.29, 0.717) is 19.0 Å². The molecule has 1 unspecified atom stereocenters. The summed E-state index contributed by atoms with van der Waals surface area (Å²) in [7, 11) is 3.61. The summed E-state index contributed by atoms with van der Waals surface area (Å²) in [4.78, 5) is 4.75. The van der Waals surface area contributed by atoms with Crippen LogP contribution in [-0.4, -0.2) is 27.8 Å². The van der Waals surface area contributed by atoms with E-state index in [1.807, 2.05) is 67.1 Å². The summed E-state index contributed by atoms with van der Waals surface area (Å²) < 4.78 is 7.18. The molecule has 1 heterocycles. The maximum absolute atomic E-state index is 6.01. The molecule has 31 heavy (non-hydrogen) atoms. The topological polar surface area (TPSA) is 76.4 Å². The van der Waals surface area contributed by atoms with Crippen molar-refractivity contribution in [3.8, 4) is 5.75 Å². The molecule has 0 fully saturated rings. The first-order valence-electron chi connectivity index (χ1n) is 9.74. The van der Waals surface area contributed by atoms with Gasteiger partial charge in [-0.05, 0) is 49.2 Å². The van der Waals surface area contributed by atoms with E-state index in [-0.39, 0.29) is 30.0 Å². The lowest BCUT2D eigenvalue weighted by atomic mass is 10.1. The van der Waals surface area contributed by atoms with Crippen LogP contribution in [0.5, 0.6) is 5.75 Å². The van der Waals surface area contributed by atoms with E-state index in [9.17, 15) is 0 Å². The van der Waals surface area contributed by atoms with E-state index in [1.165, 1.54) is 0 Å². The van der Waals surface area contributed by atoms with E-state index in [2.05, 4.69) is 27.8 Å². The molecule has 0 aliphatic rings. The molecule has 1 atom stereocenters. The van der Waals surface area contributed by atoms with Crippen LogP contribution in [0.4, 0.5) is 0 Å². The smallest absolute Gasteiger partial charge is 0.192 e. The van der Waals surface area contributed by atoms with Crippen molar-refractivity contribution in [3.63, 3.8) is 0 Å². The van der Waals surface area contributed by atoms with Crippen LogP contribution in [-0.2, 0) is 20.1 Å². The van der Waals surface area contributed by atoms with Gasteiger partial charge in [0.15, 0.2) is 11.8 Å². The Kier molecular flexibility index (Phi) is 9.57. The van der Waals surface area contributed by atoms with Gasteiger partial charge in [-0.15, -0.1) is 34.2 Å². The highest BCUT2D eigenvalue weighted by Crippen LogP contribution is 2.16. The number of methoxy groups -OCH3 is 1. The summed E-state index contributed by atoms with van der Waals surface area (Å²) in [5.41, 5.74) is 2.21. The van der Waals surface area contributed by atoms with Crippen LogP contribution in [0.25, 0.3) is 0 Å². The highest BCUT2D eigenvalue weighted by molar-refractivity contribution is 14.0. The minimum Gasteiger partial charge on any atom is -0.497 e. The summed E-state index contributed by atoms with van der Waals surface area (Å²) in [5.74, 6) is 3.22. The Morgan fingerprint density at radius 1 is 1.13 bits per heavy atom. The largest absolute Gasteiger partial charge is 0.497 e. The Bertz CT molecular complexity index is 988. The molecule has 0 bridgehead atoms. The van der Waals surface area contributed by atoms with Crippen molar-refractivity contribution in [1.82, 2.24) is 25.4 Å². The van der Waals surface area contributed by atoms with Gasteiger partial charge in [0.25, 0.3) is 0 Å². The van der Waals surface area contributed by atoms with Crippen molar-refractivity contribution in [3.05, 3.63) is 76.3 Å². The van der Waals surface area contributed by atoms with E-state index in [1.54, 1.807) is 7.11 Å². The lowest BCUT2D eigenvalue weighted by Gasteiger charge is -2.19. The van der Waals surface area contributed by atoms with Gasteiger partial charge in [-0.1, -0.05) is 35.9 Å². The van der Waals surface area contributed by atoms with Gasteiger partial charge in [-0.2, -0.15) is 0 Å².